The van der Waals surface area contributed by atoms with Gasteiger partial charge < -0.3 is 9.47 Å². The molecule has 0 radical (unpaired) electrons. The molecule has 2 aromatic carbocycles. The second kappa shape index (κ2) is 11.4. The van der Waals surface area contributed by atoms with Gasteiger partial charge in [0.05, 0.1) is 13.2 Å². The summed E-state index contributed by atoms with van der Waals surface area (Å²) in [5.74, 6) is -0.821. The second-order valence-electron chi connectivity index (χ2n) is 9.58. The number of nitrogens with zero attached hydrogens (tertiary/aromatic N) is 1. The van der Waals surface area contributed by atoms with Gasteiger partial charge in [0.15, 0.2) is 0 Å². The second-order valence-corrected chi connectivity index (χ2v) is 11.6. The lowest BCUT2D eigenvalue weighted by Crippen LogP contribution is -2.49. The van der Waals surface area contributed by atoms with E-state index >= 15 is 4.39 Å². The molecule has 1 N–H and O–H groups in total. The van der Waals surface area contributed by atoms with Crippen molar-refractivity contribution in [1.29, 1.82) is 0 Å². The molecular weight excluding hydrogens is 483 g/mol. The first-order chi connectivity index (χ1) is 17.3. The number of benzene rings is 2. The molecule has 2 atom stereocenters. The molecule has 0 spiro atoms. The van der Waals surface area contributed by atoms with Crippen molar-refractivity contribution >= 4 is 16.0 Å². The zero-order chi connectivity index (χ0) is 25.8. The van der Waals surface area contributed by atoms with Crippen LogP contribution in [0.3, 0.4) is 0 Å². The maximum atomic E-state index is 15.5. The Labute approximate surface area is 213 Å². The Morgan fingerprint density at radius 3 is 2.56 bits per heavy atom. The van der Waals surface area contributed by atoms with Crippen LogP contribution in [0.15, 0.2) is 48.5 Å². The third-order valence-electron chi connectivity index (χ3n) is 7.35. The van der Waals surface area contributed by atoms with E-state index in [4.69, 9.17) is 9.47 Å². The summed E-state index contributed by atoms with van der Waals surface area (Å²) in [5.41, 5.74) is 1.19. The van der Waals surface area contributed by atoms with Crippen molar-refractivity contribution in [3.8, 4) is 0 Å². The first-order valence-electron chi connectivity index (χ1n) is 12.6. The molecule has 4 rings (SSSR count). The average molecular weight is 519 g/mol. The molecule has 2 aliphatic rings. The Kier molecular flexibility index (Phi) is 8.44. The largest absolute Gasteiger partial charge is 0.465 e. The Balaban J connectivity index is 1.57. The number of hydrogen-bond acceptors (Lipinski definition) is 6. The van der Waals surface area contributed by atoms with Gasteiger partial charge in [-0.15, -0.1) is 0 Å². The highest BCUT2D eigenvalue weighted by atomic mass is 32.2. The van der Waals surface area contributed by atoms with Crippen molar-refractivity contribution in [3.05, 3.63) is 71.0 Å². The monoisotopic (exact) mass is 518 g/mol. The lowest BCUT2D eigenvalue weighted by atomic mass is 9.82. The van der Waals surface area contributed by atoms with Gasteiger partial charge in [0, 0.05) is 36.9 Å². The van der Waals surface area contributed by atoms with Crippen LogP contribution < -0.4 is 5.32 Å². The SMILES string of the molecule is CCOC(=O)CNC1(c2ccc(CN3[C@@H](C)CC[C@H](c4ccccc4)S3(=O)=O)c(F)c2)CCOCC1. The molecule has 196 valence electrons. The highest BCUT2D eigenvalue weighted by molar-refractivity contribution is 7.89. The van der Waals surface area contributed by atoms with Gasteiger partial charge in [0.2, 0.25) is 10.0 Å². The van der Waals surface area contributed by atoms with Crippen LogP contribution in [0, 0.1) is 5.82 Å². The molecule has 2 aliphatic heterocycles. The van der Waals surface area contributed by atoms with Crippen molar-refractivity contribution in [2.24, 2.45) is 0 Å². The zero-order valence-corrected chi connectivity index (χ0v) is 21.7. The summed E-state index contributed by atoms with van der Waals surface area (Å²) in [6.45, 7) is 4.89. The molecule has 2 aromatic rings. The van der Waals surface area contributed by atoms with Crippen molar-refractivity contribution < 1.29 is 27.1 Å². The smallest absolute Gasteiger partial charge is 0.319 e. The lowest BCUT2D eigenvalue weighted by molar-refractivity contribution is -0.142. The van der Waals surface area contributed by atoms with Gasteiger partial charge in [0.25, 0.3) is 0 Å². The topological polar surface area (TPSA) is 84.9 Å². The number of ether oxygens (including phenoxy) is 2. The average Bonchev–Trinajstić information content (AvgIpc) is 2.87. The van der Waals surface area contributed by atoms with E-state index < -0.39 is 26.6 Å². The van der Waals surface area contributed by atoms with Crippen LogP contribution in [0.2, 0.25) is 0 Å². The van der Waals surface area contributed by atoms with Gasteiger partial charge in [-0.1, -0.05) is 42.5 Å². The van der Waals surface area contributed by atoms with Crippen molar-refractivity contribution in [2.45, 2.75) is 62.9 Å². The fourth-order valence-corrected chi connectivity index (χ4v) is 7.42. The summed E-state index contributed by atoms with van der Waals surface area (Å²) < 4.78 is 54.6. The van der Waals surface area contributed by atoms with E-state index in [1.165, 1.54) is 10.4 Å². The molecule has 7 nitrogen and oxygen atoms in total. The minimum Gasteiger partial charge on any atom is -0.465 e. The quantitative estimate of drug-likeness (QED) is 0.531. The first-order valence-corrected chi connectivity index (χ1v) is 14.1. The van der Waals surface area contributed by atoms with Crippen LogP contribution in [0.25, 0.3) is 0 Å². The van der Waals surface area contributed by atoms with Crippen LogP contribution in [0.1, 0.15) is 61.5 Å². The van der Waals surface area contributed by atoms with E-state index in [9.17, 15) is 13.2 Å². The third kappa shape index (κ3) is 5.64. The highest BCUT2D eigenvalue weighted by Gasteiger charge is 2.41. The summed E-state index contributed by atoms with van der Waals surface area (Å²) in [6.07, 6.45) is 2.42. The predicted octanol–water partition coefficient (Wildman–Crippen LogP) is 4.04. The number of hydrogen-bond donors (Lipinski definition) is 1. The van der Waals surface area contributed by atoms with Crippen molar-refractivity contribution in [2.75, 3.05) is 26.4 Å². The Bertz CT molecular complexity index is 1150. The van der Waals surface area contributed by atoms with E-state index in [1.807, 2.05) is 43.3 Å². The van der Waals surface area contributed by atoms with Gasteiger partial charge in [0.1, 0.15) is 11.1 Å². The van der Waals surface area contributed by atoms with Crippen molar-refractivity contribution in [1.82, 2.24) is 9.62 Å². The number of rotatable bonds is 8. The molecule has 0 unspecified atom stereocenters. The Morgan fingerprint density at radius 1 is 1.17 bits per heavy atom. The number of carbonyl (C=O) groups excluding carboxylic acids is 1. The van der Waals surface area contributed by atoms with Gasteiger partial charge in [-0.3, -0.25) is 10.1 Å². The first kappa shape index (κ1) is 26.7. The van der Waals surface area contributed by atoms with Crippen LogP contribution >= 0.6 is 0 Å². The summed E-state index contributed by atoms with van der Waals surface area (Å²) in [5, 5.41) is 2.65. The number of nitrogens with one attached hydrogen (secondary N) is 1. The summed E-state index contributed by atoms with van der Waals surface area (Å²) in [7, 11) is -3.66. The molecule has 9 heteroatoms. The maximum Gasteiger partial charge on any atom is 0.319 e. The van der Waals surface area contributed by atoms with Crippen LogP contribution in [-0.2, 0) is 36.4 Å². The number of carbonyl (C=O) groups is 1. The summed E-state index contributed by atoms with van der Waals surface area (Å²) in [6, 6.07) is 14.0. The Morgan fingerprint density at radius 2 is 1.89 bits per heavy atom. The van der Waals surface area contributed by atoms with E-state index in [2.05, 4.69) is 5.32 Å². The molecule has 0 aliphatic carbocycles. The summed E-state index contributed by atoms with van der Waals surface area (Å²) >= 11 is 0. The molecule has 0 aromatic heterocycles. The van der Waals surface area contributed by atoms with E-state index in [0.717, 1.165) is 5.56 Å². The molecule has 0 bridgehead atoms. The lowest BCUT2D eigenvalue weighted by Gasteiger charge is -2.39. The minimum atomic E-state index is -3.66. The fraction of sp³-hybridized carbons (Fsp3) is 0.519. The molecule has 2 fully saturated rings. The van der Waals surface area contributed by atoms with Gasteiger partial charge in [-0.2, -0.15) is 4.31 Å². The minimum absolute atomic E-state index is 0.0155. The normalized spacial score (nSPS) is 23.8. The van der Waals surface area contributed by atoms with E-state index in [-0.39, 0.29) is 25.1 Å². The van der Waals surface area contributed by atoms with Gasteiger partial charge >= 0.3 is 5.97 Å². The third-order valence-corrected chi connectivity index (χ3v) is 9.72. The predicted molar refractivity (Wildman–Crippen MR) is 135 cm³/mol. The van der Waals surface area contributed by atoms with Crippen LogP contribution in [0.4, 0.5) is 4.39 Å². The van der Waals surface area contributed by atoms with E-state index in [1.54, 1.807) is 13.0 Å². The molecule has 0 amide bonds. The number of halogens is 1. The van der Waals surface area contributed by atoms with Gasteiger partial charge in [-0.05, 0) is 56.7 Å². The van der Waals surface area contributed by atoms with Crippen LogP contribution in [-0.4, -0.2) is 51.1 Å². The van der Waals surface area contributed by atoms with Crippen LogP contribution in [0.5, 0.6) is 0 Å². The fourth-order valence-electron chi connectivity index (χ4n) is 5.23. The number of esters is 1. The molecule has 2 saturated heterocycles. The molecular formula is C27H35FN2O5S. The standard InChI is InChI=1S/C27H35FN2O5S/c1-3-35-26(31)18-29-27(13-15-34-16-14-27)23-11-10-22(24(28)17-23)19-30-20(2)9-12-25(36(30,32)33)21-7-5-4-6-8-21/h4-8,10-11,17,20,25,29H,3,9,12-16,18-19H2,1-2H3/t20-,25+/m0/s1. The Hall–Kier alpha value is -2.33. The molecule has 2 heterocycles. The maximum absolute atomic E-state index is 15.5. The summed E-state index contributed by atoms with van der Waals surface area (Å²) in [4.78, 5) is 12.0. The van der Waals surface area contributed by atoms with E-state index in [0.29, 0.717) is 56.6 Å². The molecule has 36 heavy (non-hydrogen) atoms. The van der Waals surface area contributed by atoms with Crippen molar-refractivity contribution in [3.63, 3.8) is 0 Å². The van der Waals surface area contributed by atoms with Gasteiger partial charge in [-0.25, -0.2) is 12.8 Å². The molecule has 0 saturated carbocycles. The zero-order valence-electron chi connectivity index (χ0n) is 20.9. The number of sulfonamides is 1. The highest BCUT2D eigenvalue weighted by Crippen LogP contribution is 2.39.